The number of piperidine rings is 1. The number of carbonyl (C=O) groups is 1. The first-order valence-electron chi connectivity index (χ1n) is 10.4. The van der Waals surface area contributed by atoms with E-state index < -0.39 is 15.6 Å². The molecule has 1 aliphatic rings. The number of nitrogens with one attached hydrogen (secondary N) is 1. The molecule has 0 bridgehead atoms. The smallest absolute Gasteiger partial charge is 0.254 e. The van der Waals surface area contributed by atoms with Crippen molar-refractivity contribution in [2.24, 2.45) is 0 Å². The number of amides is 1. The van der Waals surface area contributed by atoms with Crippen molar-refractivity contribution in [3.8, 4) is 0 Å². The van der Waals surface area contributed by atoms with Gasteiger partial charge in [0, 0.05) is 49.8 Å². The lowest BCUT2D eigenvalue weighted by Gasteiger charge is -2.32. The lowest BCUT2D eigenvalue weighted by Crippen LogP contribution is -2.43. The molecule has 1 fully saturated rings. The molecule has 1 N–H and O–H groups in total. The van der Waals surface area contributed by atoms with Crippen molar-refractivity contribution in [3.05, 3.63) is 40.2 Å². The van der Waals surface area contributed by atoms with Gasteiger partial charge in [-0.1, -0.05) is 13.8 Å². The third-order valence-electron chi connectivity index (χ3n) is 5.46. The zero-order chi connectivity index (χ0) is 21.9. The Hall–Kier alpha value is -2.23. The lowest BCUT2D eigenvalue weighted by molar-refractivity contribution is 0.00731. The van der Waals surface area contributed by atoms with Gasteiger partial charge in [-0.3, -0.25) is 9.59 Å². The molecule has 1 aromatic carbocycles. The van der Waals surface area contributed by atoms with Crippen LogP contribution in [0.5, 0.6) is 0 Å². The van der Waals surface area contributed by atoms with E-state index in [9.17, 15) is 18.0 Å². The van der Waals surface area contributed by atoms with Crippen molar-refractivity contribution in [3.63, 3.8) is 0 Å². The number of rotatable bonds is 7. The third-order valence-corrected chi connectivity index (χ3v) is 7.50. The number of hydrogen-bond donors (Lipinski definition) is 1. The van der Waals surface area contributed by atoms with Gasteiger partial charge in [-0.2, -0.15) is 4.31 Å². The number of sulfonamides is 1. The van der Waals surface area contributed by atoms with Crippen molar-refractivity contribution >= 4 is 26.8 Å². The van der Waals surface area contributed by atoms with E-state index in [4.69, 9.17) is 4.74 Å². The fourth-order valence-corrected chi connectivity index (χ4v) is 5.43. The molecule has 1 aromatic heterocycles. The molecule has 1 unspecified atom stereocenters. The Balaban J connectivity index is 2.06. The molecule has 3 rings (SSSR count). The highest BCUT2D eigenvalue weighted by Gasteiger charge is 2.27. The minimum atomic E-state index is -3.69. The van der Waals surface area contributed by atoms with Gasteiger partial charge in [0.25, 0.3) is 5.91 Å². The van der Waals surface area contributed by atoms with Crippen LogP contribution in [0.3, 0.4) is 0 Å². The number of aromatic amines is 1. The minimum absolute atomic E-state index is 0.0282. The number of pyridine rings is 1. The highest BCUT2D eigenvalue weighted by Crippen LogP contribution is 2.25. The van der Waals surface area contributed by atoms with E-state index >= 15 is 0 Å². The average Bonchev–Trinajstić information content (AvgIpc) is 2.73. The molecule has 9 heteroatoms. The molecule has 1 aliphatic heterocycles. The molecule has 1 atom stereocenters. The summed E-state index contributed by atoms with van der Waals surface area (Å²) < 4.78 is 32.9. The lowest BCUT2D eigenvalue weighted by atomic mass is 10.0. The molecule has 1 saturated heterocycles. The Labute approximate surface area is 176 Å². The summed E-state index contributed by atoms with van der Waals surface area (Å²) in [7, 11) is -3.69. The van der Waals surface area contributed by atoms with Crippen LogP contribution in [0.1, 0.15) is 44.0 Å². The molecule has 164 valence electrons. The monoisotopic (exact) mass is 435 g/mol. The summed E-state index contributed by atoms with van der Waals surface area (Å²) in [6, 6.07) is 5.74. The van der Waals surface area contributed by atoms with Crippen LogP contribution < -0.4 is 5.56 Å². The predicted octanol–water partition coefficient (Wildman–Crippen LogP) is 2.20. The first-order chi connectivity index (χ1) is 14.3. The fraction of sp³-hybridized carbons (Fsp3) is 0.524. The van der Waals surface area contributed by atoms with Crippen LogP contribution in [0, 0.1) is 0 Å². The van der Waals surface area contributed by atoms with E-state index in [0.717, 1.165) is 12.8 Å². The van der Waals surface area contributed by atoms with Crippen molar-refractivity contribution < 1.29 is 17.9 Å². The summed E-state index contributed by atoms with van der Waals surface area (Å²) in [6.45, 7) is 7.78. The van der Waals surface area contributed by atoms with Gasteiger partial charge in [-0.15, -0.1) is 0 Å². The normalized spacial score (nSPS) is 17.6. The number of hydrogen-bond acceptors (Lipinski definition) is 5. The molecule has 30 heavy (non-hydrogen) atoms. The highest BCUT2D eigenvalue weighted by atomic mass is 32.2. The maximum atomic E-state index is 13.3. The van der Waals surface area contributed by atoms with Crippen LogP contribution in [-0.2, 0) is 14.8 Å². The number of fused-ring (bicyclic) bond motifs is 1. The molecule has 8 nitrogen and oxygen atoms in total. The highest BCUT2D eigenvalue weighted by molar-refractivity contribution is 7.89. The van der Waals surface area contributed by atoms with Gasteiger partial charge in [0.1, 0.15) is 0 Å². The summed E-state index contributed by atoms with van der Waals surface area (Å²) in [5.74, 6) is -0.284. The summed E-state index contributed by atoms with van der Waals surface area (Å²) in [4.78, 5) is 29.9. The number of H-pyrrole nitrogens is 1. The largest absolute Gasteiger partial charge is 0.377 e. The van der Waals surface area contributed by atoms with Gasteiger partial charge in [0.05, 0.1) is 16.6 Å². The number of carbonyl (C=O) groups excluding carboxylic acids is 1. The van der Waals surface area contributed by atoms with Gasteiger partial charge in [0.15, 0.2) is 0 Å². The first-order valence-corrected chi connectivity index (χ1v) is 11.8. The van der Waals surface area contributed by atoms with E-state index in [1.807, 2.05) is 6.92 Å². The SMILES string of the molecule is CCOC1CCCN(C(=O)c2cc(=O)[nH]c3ccc(S(=O)(=O)N(CC)CC)cc23)C1. The Morgan fingerprint density at radius 1 is 1.23 bits per heavy atom. The van der Waals surface area contributed by atoms with Crippen molar-refractivity contribution in [2.45, 2.75) is 44.6 Å². The molecule has 2 aromatic rings. The van der Waals surface area contributed by atoms with Crippen molar-refractivity contribution in [1.82, 2.24) is 14.2 Å². The van der Waals surface area contributed by atoms with E-state index in [1.165, 1.54) is 22.5 Å². The number of benzene rings is 1. The summed E-state index contributed by atoms with van der Waals surface area (Å²) in [5.41, 5.74) is 0.244. The van der Waals surface area contributed by atoms with Gasteiger partial charge in [-0.05, 0) is 38.0 Å². The van der Waals surface area contributed by atoms with Crippen LogP contribution in [-0.4, -0.2) is 67.4 Å². The van der Waals surface area contributed by atoms with Crippen molar-refractivity contribution in [1.29, 1.82) is 0 Å². The van der Waals surface area contributed by atoms with Gasteiger partial charge < -0.3 is 14.6 Å². The van der Waals surface area contributed by atoms with E-state index in [2.05, 4.69) is 4.98 Å². The topological polar surface area (TPSA) is 99.8 Å². The second-order valence-corrected chi connectivity index (χ2v) is 9.25. The van der Waals surface area contributed by atoms with Gasteiger partial charge in [-0.25, -0.2) is 8.42 Å². The molecule has 0 spiro atoms. The van der Waals surface area contributed by atoms with Crippen LogP contribution in [0.2, 0.25) is 0 Å². The molecule has 0 aliphatic carbocycles. The second-order valence-electron chi connectivity index (χ2n) is 7.31. The number of ether oxygens (including phenoxy) is 1. The minimum Gasteiger partial charge on any atom is -0.377 e. The van der Waals surface area contributed by atoms with E-state index in [1.54, 1.807) is 24.8 Å². The number of aromatic nitrogens is 1. The molecule has 0 radical (unpaired) electrons. The van der Waals surface area contributed by atoms with Crippen molar-refractivity contribution in [2.75, 3.05) is 32.8 Å². The summed E-state index contributed by atoms with van der Waals surface area (Å²) in [6.07, 6.45) is 1.68. The third kappa shape index (κ3) is 4.43. The molecule has 2 heterocycles. The molecule has 0 saturated carbocycles. The Bertz CT molecular complexity index is 1070. The maximum Gasteiger partial charge on any atom is 0.254 e. The quantitative estimate of drug-likeness (QED) is 0.719. The summed E-state index contributed by atoms with van der Waals surface area (Å²) in [5, 5.41) is 0.423. The van der Waals surface area contributed by atoms with Crippen LogP contribution in [0.15, 0.2) is 34.0 Å². The van der Waals surface area contributed by atoms with E-state index in [0.29, 0.717) is 43.7 Å². The van der Waals surface area contributed by atoms with E-state index in [-0.39, 0.29) is 22.5 Å². The molecular formula is C21H29N3O5S. The first kappa shape index (κ1) is 22.5. The Morgan fingerprint density at radius 2 is 1.97 bits per heavy atom. The summed E-state index contributed by atoms with van der Waals surface area (Å²) >= 11 is 0. The predicted molar refractivity (Wildman–Crippen MR) is 115 cm³/mol. The number of likely N-dealkylation sites (tertiary alicyclic amines) is 1. The molecular weight excluding hydrogens is 406 g/mol. The second kappa shape index (κ2) is 9.28. The number of nitrogens with zero attached hydrogens (tertiary/aromatic N) is 2. The van der Waals surface area contributed by atoms with Crippen LogP contribution in [0.25, 0.3) is 10.9 Å². The zero-order valence-corrected chi connectivity index (χ0v) is 18.5. The zero-order valence-electron chi connectivity index (χ0n) is 17.7. The maximum absolute atomic E-state index is 13.3. The standard InChI is InChI=1S/C21H29N3O5S/c1-4-24(5-2)30(27,28)16-9-10-19-17(12-16)18(13-20(25)22-19)21(26)23-11-7-8-15(14-23)29-6-3/h9-10,12-13,15H,4-8,11,14H2,1-3H3,(H,22,25). The Kier molecular flexibility index (Phi) is 6.95. The Morgan fingerprint density at radius 3 is 2.63 bits per heavy atom. The molecule has 1 amide bonds. The van der Waals surface area contributed by atoms with Crippen LogP contribution >= 0.6 is 0 Å². The van der Waals surface area contributed by atoms with Crippen LogP contribution in [0.4, 0.5) is 0 Å². The van der Waals surface area contributed by atoms with Gasteiger partial charge in [0.2, 0.25) is 15.6 Å². The van der Waals surface area contributed by atoms with Gasteiger partial charge >= 0.3 is 0 Å². The fourth-order valence-electron chi connectivity index (χ4n) is 3.95. The average molecular weight is 436 g/mol.